The standard InChI is InChI=1S/C11H17BO/c1-4-8(2)11-10(5-6-13-11)7-9(3)12/h7,9H,4-6H2,1-3H3. The molecule has 2 heteroatoms. The van der Waals surface area contributed by atoms with Crippen molar-refractivity contribution in [1.82, 2.24) is 0 Å². The predicted octanol–water partition coefficient (Wildman–Crippen LogP) is 2.99. The van der Waals surface area contributed by atoms with E-state index in [1.54, 1.807) is 0 Å². The lowest BCUT2D eigenvalue weighted by Gasteiger charge is -2.06. The lowest BCUT2D eigenvalue weighted by Crippen LogP contribution is -1.89. The third-order valence-electron chi connectivity index (χ3n) is 2.29. The fourth-order valence-corrected chi connectivity index (χ4v) is 1.50. The largest absolute Gasteiger partial charge is 0.493 e. The van der Waals surface area contributed by atoms with Crippen LogP contribution in [0.4, 0.5) is 0 Å². The van der Waals surface area contributed by atoms with Crippen molar-refractivity contribution in [3.8, 4) is 0 Å². The van der Waals surface area contributed by atoms with E-state index in [-0.39, 0.29) is 5.82 Å². The van der Waals surface area contributed by atoms with Crippen molar-refractivity contribution in [3.63, 3.8) is 0 Å². The minimum Gasteiger partial charge on any atom is -0.493 e. The average molecular weight is 176 g/mol. The highest BCUT2D eigenvalue weighted by atomic mass is 16.5. The summed E-state index contributed by atoms with van der Waals surface area (Å²) in [5.74, 6) is 1.20. The van der Waals surface area contributed by atoms with Gasteiger partial charge in [0.25, 0.3) is 0 Å². The molecule has 0 aliphatic carbocycles. The third-order valence-corrected chi connectivity index (χ3v) is 2.29. The Bertz CT molecular complexity index is 238. The molecule has 0 spiro atoms. The fraction of sp³-hybridized carbons (Fsp3) is 0.636. The van der Waals surface area contributed by atoms with E-state index in [4.69, 9.17) is 12.6 Å². The van der Waals surface area contributed by atoms with E-state index in [1.807, 2.05) is 6.92 Å². The molecular formula is C11H17BO. The van der Waals surface area contributed by atoms with Crippen molar-refractivity contribution >= 4 is 7.85 Å². The summed E-state index contributed by atoms with van der Waals surface area (Å²) in [4.78, 5) is 0. The number of hydrogen-bond acceptors (Lipinski definition) is 1. The third kappa shape index (κ3) is 2.65. The molecule has 2 radical (unpaired) electrons. The van der Waals surface area contributed by atoms with Crippen LogP contribution < -0.4 is 0 Å². The quantitative estimate of drug-likeness (QED) is 0.587. The Morgan fingerprint density at radius 1 is 1.69 bits per heavy atom. The van der Waals surface area contributed by atoms with E-state index < -0.39 is 0 Å². The summed E-state index contributed by atoms with van der Waals surface area (Å²) in [6.07, 6.45) is 4.15. The first-order chi connectivity index (χ1) is 6.15. The number of rotatable bonds is 2. The van der Waals surface area contributed by atoms with Crippen molar-refractivity contribution in [1.29, 1.82) is 0 Å². The molecule has 0 aromatic heterocycles. The van der Waals surface area contributed by atoms with Crippen LogP contribution in [0, 0.1) is 0 Å². The molecule has 1 aliphatic rings. The number of hydrogen-bond donors (Lipinski definition) is 0. The van der Waals surface area contributed by atoms with Gasteiger partial charge in [-0.05, 0) is 24.5 Å². The van der Waals surface area contributed by atoms with Crippen LogP contribution >= 0.6 is 0 Å². The van der Waals surface area contributed by atoms with Crippen LogP contribution in [0.3, 0.4) is 0 Å². The predicted molar refractivity (Wildman–Crippen MR) is 56.8 cm³/mol. The molecule has 13 heavy (non-hydrogen) atoms. The summed E-state index contributed by atoms with van der Waals surface area (Å²) in [5.41, 5.74) is 2.61. The van der Waals surface area contributed by atoms with Crippen LogP contribution in [-0.4, -0.2) is 14.5 Å². The van der Waals surface area contributed by atoms with Gasteiger partial charge >= 0.3 is 0 Å². The van der Waals surface area contributed by atoms with E-state index in [1.165, 1.54) is 11.1 Å². The zero-order valence-corrected chi connectivity index (χ0v) is 8.76. The molecule has 0 N–H and O–H groups in total. The first kappa shape index (κ1) is 10.4. The van der Waals surface area contributed by atoms with E-state index >= 15 is 0 Å². The lowest BCUT2D eigenvalue weighted by atomic mass is 9.87. The van der Waals surface area contributed by atoms with Crippen LogP contribution in [0.1, 0.15) is 33.6 Å². The molecule has 1 aliphatic heterocycles. The van der Waals surface area contributed by atoms with Crippen LogP contribution in [0.25, 0.3) is 0 Å². The monoisotopic (exact) mass is 176 g/mol. The maximum absolute atomic E-state index is 5.72. The van der Waals surface area contributed by atoms with Crippen molar-refractivity contribution in [2.75, 3.05) is 6.61 Å². The zero-order chi connectivity index (χ0) is 9.84. The maximum Gasteiger partial charge on any atom is 0.121 e. The normalized spacial score (nSPS) is 25.9. The van der Waals surface area contributed by atoms with Gasteiger partial charge in [-0.2, -0.15) is 0 Å². The maximum atomic E-state index is 5.72. The van der Waals surface area contributed by atoms with Crippen LogP contribution in [-0.2, 0) is 4.74 Å². The summed E-state index contributed by atoms with van der Waals surface area (Å²) in [6, 6.07) is 0. The van der Waals surface area contributed by atoms with E-state index in [0.717, 1.165) is 25.2 Å². The smallest absolute Gasteiger partial charge is 0.121 e. The van der Waals surface area contributed by atoms with Gasteiger partial charge in [0.1, 0.15) is 5.76 Å². The summed E-state index contributed by atoms with van der Waals surface area (Å²) >= 11 is 0. The summed E-state index contributed by atoms with van der Waals surface area (Å²) in [7, 11) is 5.72. The number of ether oxygens (including phenoxy) is 1. The molecule has 1 fully saturated rings. The second-order valence-electron chi connectivity index (χ2n) is 3.61. The first-order valence-corrected chi connectivity index (χ1v) is 4.94. The van der Waals surface area contributed by atoms with Crippen LogP contribution in [0.5, 0.6) is 0 Å². The summed E-state index contributed by atoms with van der Waals surface area (Å²) in [6.45, 7) is 7.07. The van der Waals surface area contributed by atoms with E-state index in [2.05, 4.69) is 19.9 Å². The zero-order valence-electron chi connectivity index (χ0n) is 8.76. The topological polar surface area (TPSA) is 9.23 Å². The van der Waals surface area contributed by atoms with Crippen molar-refractivity contribution < 1.29 is 4.74 Å². The Morgan fingerprint density at radius 3 is 2.92 bits per heavy atom. The molecule has 1 rings (SSSR count). The Labute approximate surface area is 82.3 Å². The average Bonchev–Trinajstić information content (AvgIpc) is 2.50. The lowest BCUT2D eigenvalue weighted by molar-refractivity contribution is 0.261. The highest BCUT2D eigenvalue weighted by Gasteiger charge is 2.16. The fourth-order valence-electron chi connectivity index (χ4n) is 1.50. The van der Waals surface area contributed by atoms with Gasteiger partial charge in [-0.15, -0.1) is 0 Å². The van der Waals surface area contributed by atoms with Gasteiger partial charge in [-0.1, -0.05) is 25.7 Å². The molecule has 1 atom stereocenters. The Kier molecular flexibility index (Phi) is 3.64. The van der Waals surface area contributed by atoms with E-state index in [0.29, 0.717) is 0 Å². The van der Waals surface area contributed by atoms with E-state index in [9.17, 15) is 0 Å². The second kappa shape index (κ2) is 4.54. The molecular weight excluding hydrogens is 159 g/mol. The van der Waals surface area contributed by atoms with Crippen molar-refractivity contribution in [2.24, 2.45) is 0 Å². The van der Waals surface area contributed by atoms with Gasteiger partial charge in [0.2, 0.25) is 0 Å². The highest BCUT2D eigenvalue weighted by molar-refractivity contribution is 6.12. The van der Waals surface area contributed by atoms with Crippen LogP contribution in [0.15, 0.2) is 23.0 Å². The Balaban J connectivity index is 2.87. The SMILES string of the molecule is [B]C(C)C=C1CCOC1=C(C)CC. The molecule has 0 aromatic rings. The highest BCUT2D eigenvalue weighted by Crippen LogP contribution is 2.29. The van der Waals surface area contributed by atoms with Gasteiger partial charge in [0.15, 0.2) is 0 Å². The molecule has 70 valence electrons. The molecule has 0 aromatic carbocycles. The summed E-state index contributed by atoms with van der Waals surface area (Å²) in [5, 5.41) is 0. The van der Waals surface area contributed by atoms with Crippen molar-refractivity contribution in [3.05, 3.63) is 23.0 Å². The first-order valence-electron chi connectivity index (χ1n) is 4.94. The van der Waals surface area contributed by atoms with Crippen LogP contribution in [0.2, 0.25) is 5.82 Å². The molecule has 0 amide bonds. The van der Waals surface area contributed by atoms with Gasteiger partial charge in [-0.3, -0.25) is 0 Å². The molecule has 1 nitrogen and oxygen atoms in total. The van der Waals surface area contributed by atoms with Gasteiger partial charge < -0.3 is 4.74 Å². The molecule has 1 heterocycles. The Hall–Kier alpha value is -0.655. The number of allylic oxidation sites excluding steroid dienone is 3. The van der Waals surface area contributed by atoms with Crippen molar-refractivity contribution in [2.45, 2.75) is 39.4 Å². The molecule has 0 saturated carbocycles. The van der Waals surface area contributed by atoms with Gasteiger partial charge in [0.05, 0.1) is 14.5 Å². The molecule has 0 bridgehead atoms. The minimum absolute atomic E-state index is 0.122. The molecule has 1 unspecified atom stereocenters. The summed E-state index contributed by atoms with van der Waals surface area (Å²) < 4.78 is 5.57. The van der Waals surface area contributed by atoms with Gasteiger partial charge in [-0.25, -0.2) is 0 Å². The second-order valence-corrected chi connectivity index (χ2v) is 3.61. The Morgan fingerprint density at radius 2 is 2.38 bits per heavy atom. The molecule has 1 saturated heterocycles. The van der Waals surface area contributed by atoms with Gasteiger partial charge in [0, 0.05) is 6.42 Å². The minimum atomic E-state index is 0.122.